The van der Waals surface area contributed by atoms with Crippen LogP contribution >= 0.6 is 0 Å². The number of nitrogens with zero attached hydrogens (tertiary/aromatic N) is 3. The Morgan fingerprint density at radius 2 is 2.31 bits per heavy atom. The van der Waals surface area contributed by atoms with Gasteiger partial charge in [-0.15, -0.1) is 5.10 Å². The molecule has 2 heterocycles. The van der Waals surface area contributed by atoms with Crippen molar-refractivity contribution in [1.29, 1.82) is 0 Å². The van der Waals surface area contributed by atoms with Crippen LogP contribution in [0.4, 0.5) is 0 Å². The van der Waals surface area contributed by atoms with Gasteiger partial charge in [-0.05, 0) is 19.9 Å². The van der Waals surface area contributed by atoms with Crippen molar-refractivity contribution in [3.05, 3.63) is 34.5 Å². The van der Waals surface area contributed by atoms with Crippen molar-refractivity contribution >= 4 is 0 Å². The van der Waals surface area contributed by atoms with E-state index in [2.05, 4.69) is 15.1 Å². The topological polar surface area (TPSA) is 72.8 Å². The molecule has 6 nitrogen and oxygen atoms in total. The molecule has 16 heavy (non-hydrogen) atoms. The third-order valence-electron chi connectivity index (χ3n) is 1.95. The lowest BCUT2D eigenvalue weighted by molar-refractivity contribution is 0.326. The monoisotopic (exact) mass is 220 g/mol. The molecule has 0 amide bonds. The van der Waals surface area contributed by atoms with Crippen LogP contribution < -0.4 is 10.4 Å². The molecule has 2 aromatic heterocycles. The summed E-state index contributed by atoms with van der Waals surface area (Å²) in [5.74, 6) is 1.47. The predicted molar refractivity (Wildman–Crippen MR) is 57.9 cm³/mol. The maximum atomic E-state index is 11.5. The van der Waals surface area contributed by atoms with Gasteiger partial charge < -0.3 is 4.74 Å². The molecule has 0 aliphatic heterocycles. The van der Waals surface area contributed by atoms with E-state index in [4.69, 9.17) is 4.74 Å². The summed E-state index contributed by atoms with van der Waals surface area (Å²) < 4.78 is 6.46. The van der Waals surface area contributed by atoms with Crippen molar-refractivity contribution in [3.63, 3.8) is 0 Å². The van der Waals surface area contributed by atoms with Crippen molar-refractivity contribution in [2.75, 3.05) is 6.61 Å². The van der Waals surface area contributed by atoms with Crippen LogP contribution in [0, 0.1) is 6.92 Å². The molecule has 0 spiro atoms. The molecule has 0 unspecified atom stereocenters. The molecule has 0 aliphatic rings. The first-order valence-corrected chi connectivity index (χ1v) is 4.97. The van der Waals surface area contributed by atoms with Crippen LogP contribution in [0.25, 0.3) is 5.82 Å². The lowest BCUT2D eigenvalue weighted by Gasteiger charge is -2.03. The summed E-state index contributed by atoms with van der Waals surface area (Å²) in [7, 11) is 0. The summed E-state index contributed by atoms with van der Waals surface area (Å²) in [5, 5.41) is 4.01. The zero-order chi connectivity index (χ0) is 11.5. The number of H-pyrrole nitrogens is 1. The molecular formula is C10H12N4O2. The standard InChI is InChI=1S/C10H12N4O2/c1-3-16-9-6-4-5-8(12-9)14-10(15)11-7(2)13-14/h4-6H,3H2,1-2H3,(H,11,13,15). The summed E-state index contributed by atoms with van der Waals surface area (Å²) in [6.07, 6.45) is 0. The van der Waals surface area contributed by atoms with Gasteiger partial charge in [0.15, 0.2) is 5.82 Å². The van der Waals surface area contributed by atoms with Crippen molar-refractivity contribution in [2.24, 2.45) is 0 Å². The Labute approximate surface area is 91.9 Å². The SMILES string of the molecule is CCOc1cccc(-n2nc(C)[nH]c2=O)n1. The van der Waals surface area contributed by atoms with Crippen LogP contribution in [-0.2, 0) is 0 Å². The molecule has 84 valence electrons. The number of hydrogen-bond donors (Lipinski definition) is 1. The zero-order valence-electron chi connectivity index (χ0n) is 9.10. The van der Waals surface area contributed by atoms with Gasteiger partial charge >= 0.3 is 5.69 Å². The van der Waals surface area contributed by atoms with Gasteiger partial charge in [0.2, 0.25) is 5.88 Å². The molecule has 0 saturated heterocycles. The second kappa shape index (κ2) is 4.18. The van der Waals surface area contributed by atoms with Crippen molar-refractivity contribution in [3.8, 4) is 11.7 Å². The number of ether oxygens (including phenoxy) is 1. The Morgan fingerprint density at radius 1 is 1.50 bits per heavy atom. The van der Waals surface area contributed by atoms with Crippen LogP contribution in [0.1, 0.15) is 12.7 Å². The number of aromatic nitrogens is 4. The third kappa shape index (κ3) is 1.95. The average molecular weight is 220 g/mol. The smallest absolute Gasteiger partial charge is 0.349 e. The van der Waals surface area contributed by atoms with Crippen molar-refractivity contribution < 1.29 is 4.74 Å². The predicted octanol–water partition coefficient (Wildman–Crippen LogP) is 0.663. The van der Waals surface area contributed by atoms with Crippen LogP contribution in [-0.4, -0.2) is 26.4 Å². The molecule has 0 aromatic carbocycles. The highest BCUT2D eigenvalue weighted by Gasteiger charge is 2.06. The van der Waals surface area contributed by atoms with Gasteiger partial charge in [-0.2, -0.15) is 9.67 Å². The molecule has 6 heteroatoms. The number of aryl methyl sites for hydroxylation is 1. The fourth-order valence-corrected chi connectivity index (χ4v) is 1.33. The Hall–Kier alpha value is -2.11. The summed E-state index contributed by atoms with van der Waals surface area (Å²) >= 11 is 0. The van der Waals surface area contributed by atoms with E-state index in [9.17, 15) is 4.79 Å². The summed E-state index contributed by atoms with van der Waals surface area (Å²) in [5.41, 5.74) is -0.307. The summed E-state index contributed by atoms with van der Waals surface area (Å²) in [6.45, 7) is 4.12. The highest BCUT2D eigenvalue weighted by Crippen LogP contribution is 2.09. The molecule has 1 N–H and O–H groups in total. The van der Waals surface area contributed by atoms with E-state index in [0.29, 0.717) is 24.1 Å². The molecule has 0 bridgehead atoms. The minimum absolute atomic E-state index is 0.307. The van der Waals surface area contributed by atoms with E-state index in [-0.39, 0.29) is 5.69 Å². The molecule has 0 fully saturated rings. The minimum atomic E-state index is -0.307. The normalized spacial score (nSPS) is 10.4. The number of hydrogen-bond acceptors (Lipinski definition) is 4. The highest BCUT2D eigenvalue weighted by molar-refractivity contribution is 5.25. The summed E-state index contributed by atoms with van der Waals surface area (Å²) in [4.78, 5) is 18.2. The van der Waals surface area contributed by atoms with E-state index in [1.807, 2.05) is 6.92 Å². The Kier molecular flexibility index (Phi) is 2.72. The molecule has 2 rings (SSSR count). The Morgan fingerprint density at radius 3 is 2.94 bits per heavy atom. The number of nitrogens with one attached hydrogen (secondary N) is 1. The number of rotatable bonds is 3. The van der Waals surface area contributed by atoms with Gasteiger partial charge in [-0.1, -0.05) is 6.07 Å². The van der Waals surface area contributed by atoms with Gasteiger partial charge in [0, 0.05) is 6.07 Å². The maximum absolute atomic E-state index is 11.5. The van der Waals surface area contributed by atoms with E-state index in [1.165, 1.54) is 4.68 Å². The lowest BCUT2D eigenvalue weighted by atomic mass is 10.4. The van der Waals surface area contributed by atoms with E-state index < -0.39 is 0 Å². The molecule has 0 radical (unpaired) electrons. The first kappa shape index (κ1) is 10.4. The van der Waals surface area contributed by atoms with Gasteiger partial charge in [0.05, 0.1) is 6.61 Å². The lowest BCUT2D eigenvalue weighted by Crippen LogP contribution is -2.17. The van der Waals surface area contributed by atoms with Crippen molar-refractivity contribution in [2.45, 2.75) is 13.8 Å². The molecule has 0 saturated carbocycles. The van der Waals surface area contributed by atoms with Crippen molar-refractivity contribution in [1.82, 2.24) is 19.7 Å². The second-order valence-corrected chi connectivity index (χ2v) is 3.19. The van der Waals surface area contributed by atoms with Crippen LogP contribution in [0.5, 0.6) is 5.88 Å². The number of pyridine rings is 1. The Balaban J connectivity index is 2.44. The van der Waals surface area contributed by atoms with E-state index in [1.54, 1.807) is 25.1 Å². The molecule has 0 aliphatic carbocycles. The second-order valence-electron chi connectivity index (χ2n) is 3.19. The highest BCUT2D eigenvalue weighted by atomic mass is 16.5. The zero-order valence-corrected chi connectivity index (χ0v) is 9.10. The van der Waals surface area contributed by atoms with Gasteiger partial charge in [0.25, 0.3) is 0 Å². The average Bonchev–Trinajstić information content (AvgIpc) is 2.59. The summed E-state index contributed by atoms with van der Waals surface area (Å²) in [6, 6.07) is 5.20. The molecule has 2 aromatic rings. The minimum Gasteiger partial charge on any atom is -0.478 e. The van der Waals surface area contributed by atoms with Gasteiger partial charge in [0.1, 0.15) is 5.82 Å². The molecular weight excluding hydrogens is 208 g/mol. The quantitative estimate of drug-likeness (QED) is 0.824. The largest absolute Gasteiger partial charge is 0.478 e. The van der Waals surface area contributed by atoms with Gasteiger partial charge in [-0.25, -0.2) is 4.79 Å². The van der Waals surface area contributed by atoms with Crippen LogP contribution in [0.3, 0.4) is 0 Å². The number of aromatic amines is 1. The van der Waals surface area contributed by atoms with Gasteiger partial charge in [-0.3, -0.25) is 4.98 Å². The van der Waals surface area contributed by atoms with E-state index >= 15 is 0 Å². The first-order chi connectivity index (χ1) is 7.70. The fourth-order valence-electron chi connectivity index (χ4n) is 1.33. The Bertz CT molecular complexity index is 544. The van der Waals surface area contributed by atoms with Crippen LogP contribution in [0.2, 0.25) is 0 Å². The fraction of sp³-hybridized carbons (Fsp3) is 0.300. The first-order valence-electron chi connectivity index (χ1n) is 4.97. The molecule has 0 atom stereocenters. The maximum Gasteiger partial charge on any atom is 0.349 e. The van der Waals surface area contributed by atoms with E-state index in [0.717, 1.165) is 0 Å². The van der Waals surface area contributed by atoms with Crippen LogP contribution in [0.15, 0.2) is 23.0 Å². The third-order valence-corrected chi connectivity index (χ3v) is 1.95.